The maximum atomic E-state index is 11.3. The fraction of sp³-hybridized carbons (Fsp3) is 0.231. The summed E-state index contributed by atoms with van der Waals surface area (Å²) in [5.41, 5.74) is 2.18. The minimum Gasteiger partial charge on any atom is -0.477 e. The molecule has 0 aliphatic rings. The molecule has 1 aromatic carbocycles. The lowest BCUT2D eigenvalue weighted by atomic mass is 10.1. The maximum Gasteiger partial charge on any atom is 0.354 e. The number of benzene rings is 1. The van der Waals surface area contributed by atoms with Crippen LogP contribution in [-0.4, -0.2) is 21.6 Å². The zero-order valence-corrected chi connectivity index (χ0v) is 10.4. The number of hydrogen-bond donors (Lipinski definition) is 2. The number of carboxylic acid groups (broad SMARTS) is 1. The molecule has 0 fully saturated rings. The molecule has 0 saturated heterocycles. The minimum absolute atomic E-state index is 0.0921. The van der Waals surface area contributed by atoms with Gasteiger partial charge in [-0.05, 0) is 18.6 Å². The monoisotopic (exact) mass is 246 g/mol. The van der Waals surface area contributed by atoms with Crippen LogP contribution in [-0.2, 0) is 11.8 Å². The number of anilines is 1. The molecular formula is C13H14N2O3. The molecule has 1 aromatic heterocycles. The summed E-state index contributed by atoms with van der Waals surface area (Å²) in [6.45, 7) is 3.25. The van der Waals surface area contributed by atoms with Gasteiger partial charge in [0.05, 0.1) is 11.2 Å². The Bertz CT molecular complexity index is 656. The molecule has 0 unspecified atom stereocenters. The Morgan fingerprint density at radius 2 is 2.00 bits per heavy atom. The normalized spacial score (nSPS) is 10.6. The van der Waals surface area contributed by atoms with Crippen LogP contribution in [0.15, 0.2) is 18.2 Å². The van der Waals surface area contributed by atoms with Crippen molar-refractivity contribution in [3.63, 3.8) is 0 Å². The van der Waals surface area contributed by atoms with Gasteiger partial charge in [0.2, 0.25) is 5.91 Å². The SMILES string of the molecule is CC(=O)Nc1c(C(=O)O)n(C)c2cccc(C)c12. The van der Waals surface area contributed by atoms with E-state index in [9.17, 15) is 14.7 Å². The average Bonchev–Trinajstić information content (AvgIpc) is 2.52. The molecule has 5 heteroatoms. The van der Waals surface area contributed by atoms with Gasteiger partial charge < -0.3 is 15.0 Å². The van der Waals surface area contributed by atoms with E-state index < -0.39 is 5.97 Å². The Morgan fingerprint density at radius 3 is 2.56 bits per heavy atom. The van der Waals surface area contributed by atoms with Gasteiger partial charge in [-0.25, -0.2) is 4.79 Å². The third-order valence-electron chi connectivity index (χ3n) is 2.94. The van der Waals surface area contributed by atoms with Crippen LogP contribution in [0.25, 0.3) is 10.9 Å². The molecule has 0 radical (unpaired) electrons. The molecule has 0 bridgehead atoms. The fourth-order valence-corrected chi connectivity index (χ4v) is 2.21. The molecule has 2 aromatic rings. The van der Waals surface area contributed by atoms with Crippen LogP contribution in [0.4, 0.5) is 5.69 Å². The molecule has 0 spiro atoms. The molecule has 18 heavy (non-hydrogen) atoms. The summed E-state index contributed by atoms with van der Waals surface area (Å²) >= 11 is 0. The van der Waals surface area contributed by atoms with Gasteiger partial charge in [0.15, 0.2) is 5.69 Å². The predicted molar refractivity (Wildman–Crippen MR) is 68.9 cm³/mol. The number of carbonyl (C=O) groups excluding carboxylic acids is 1. The molecular weight excluding hydrogens is 232 g/mol. The average molecular weight is 246 g/mol. The number of nitrogens with zero attached hydrogens (tertiary/aromatic N) is 1. The zero-order chi connectivity index (χ0) is 13.4. The highest BCUT2D eigenvalue weighted by Gasteiger charge is 2.22. The van der Waals surface area contributed by atoms with Crippen molar-refractivity contribution in [2.24, 2.45) is 7.05 Å². The molecule has 0 atom stereocenters. The second kappa shape index (κ2) is 4.18. The molecule has 1 heterocycles. The first-order valence-corrected chi connectivity index (χ1v) is 5.52. The number of carbonyl (C=O) groups is 2. The quantitative estimate of drug-likeness (QED) is 0.852. The Morgan fingerprint density at radius 1 is 1.33 bits per heavy atom. The van der Waals surface area contributed by atoms with Crippen LogP contribution in [0.5, 0.6) is 0 Å². The number of aryl methyl sites for hydroxylation is 2. The minimum atomic E-state index is -1.06. The van der Waals surface area contributed by atoms with Crippen LogP contribution in [0, 0.1) is 6.92 Å². The van der Waals surface area contributed by atoms with Gasteiger partial charge in [-0.3, -0.25) is 4.79 Å². The smallest absolute Gasteiger partial charge is 0.354 e. The van der Waals surface area contributed by atoms with Crippen molar-refractivity contribution < 1.29 is 14.7 Å². The molecule has 0 saturated carbocycles. The third kappa shape index (κ3) is 1.73. The first-order chi connectivity index (χ1) is 8.43. The van der Waals surface area contributed by atoms with Crippen LogP contribution in [0.3, 0.4) is 0 Å². The number of amides is 1. The van der Waals surface area contributed by atoms with E-state index in [1.165, 1.54) is 6.92 Å². The largest absolute Gasteiger partial charge is 0.477 e. The third-order valence-corrected chi connectivity index (χ3v) is 2.94. The second-order valence-corrected chi connectivity index (χ2v) is 4.24. The summed E-state index contributed by atoms with van der Waals surface area (Å²) in [6.07, 6.45) is 0. The van der Waals surface area contributed by atoms with Crippen LogP contribution < -0.4 is 5.32 Å². The van der Waals surface area contributed by atoms with Gasteiger partial charge in [-0.2, -0.15) is 0 Å². The Hall–Kier alpha value is -2.30. The van der Waals surface area contributed by atoms with Crippen molar-refractivity contribution in [3.8, 4) is 0 Å². The van der Waals surface area contributed by atoms with Crippen molar-refractivity contribution >= 4 is 28.5 Å². The van der Waals surface area contributed by atoms with Crippen LogP contribution >= 0.6 is 0 Å². The van der Waals surface area contributed by atoms with Crippen molar-refractivity contribution in [2.45, 2.75) is 13.8 Å². The molecule has 0 aliphatic carbocycles. The Kier molecular flexibility index (Phi) is 2.82. The molecule has 0 aliphatic heterocycles. The number of fused-ring (bicyclic) bond motifs is 1. The van der Waals surface area contributed by atoms with E-state index in [1.54, 1.807) is 11.6 Å². The number of rotatable bonds is 2. The standard InChI is InChI=1S/C13H14N2O3/c1-7-5-4-6-9-10(7)11(14-8(2)16)12(13(17)18)15(9)3/h4-6H,1-3H3,(H,14,16)(H,17,18). The van der Waals surface area contributed by atoms with E-state index in [4.69, 9.17) is 0 Å². The first-order valence-electron chi connectivity index (χ1n) is 5.52. The molecule has 2 N–H and O–H groups in total. The van der Waals surface area contributed by atoms with Gasteiger partial charge in [0, 0.05) is 19.4 Å². The van der Waals surface area contributed by atoms with Crippen molar-refractivity contribution in [1.82, 2.24) is 4.57 Å². The van der Waals surface area contributed by atoms with E-state index in [0.29, 0.717) is 5.69 Å². The van der Waals surface area contributed by atoms with Gasteiger partial charge in [0.1, 0.15) is 0 Å². The lowest BCUT2D eigenvalue weighted by molar-refractivity contribution is -0.114. The van der Waals surface area contributed by atoms with E-state index in [-0.39, 0.29) is 11.6 Å². The zero-order valence-electron chi connectivity index (χ0n) is 10.4. The summed E-state index contributed by atoms with van der Waals surface area (Å²) in [4.78, 5) is 22.6. The Balaban J connectivity index is 2.89. The Labute approximate surface area is 104 Å². The van der Waals surface area contributed by atoms with E-state index in [2.05, 4.69) is 5.32 Å². The molecule has 94 valence electrons. The van der Waals surface area contributed by atoms with Gasteiger partial charge in [-0.15, -0.1) is 0 Å². The first kappa shape index (κ1) is 12.2. The van der Waals surface area contributed by atoms with Crippen LogP contribution in [0.2, 0.25) is 0 Å². The number of carboxylic acids is 1. The lowest BCUT2D eigenvalue weighted by Gasteiger charge is -2.04. The predicted octanol–water partition coefficient (Wildman–Crippen LogP) is 2.14. The molecule has 2 rings (SSSR count). The van der Waals surface area contributed by atoms with E-state index >= 15 is 0 Å². The number of aromatic carboxylic acids is 1. The summed E-state index contributed by atoms with van der Waals surface area (Å²) in [5, 5.41) is 12.7. The highest BCUT2D eigenvalue weighted by atomic mass is 16.4. The maximum absolute atomic E-state index is 11.3. The van der Waals surface area contributed by atoms with Gasteiger partial charge in [-0.1, -0.05) is 12.1 Å². The van der Waals surface area contributed by atoms with E-state index in [1.807, 2.05) is 25.1 Å². The lowest BCUT2D eigenvalue weighted by Crippen LogP contribution is -2.12. The van der Waals surface area contributed by atoms with Gasteiger partial charge >= 0.3 is 5.97 Å². The van der Waals surface area contributed by atoms with E-state index in [0.717, 1.165) is 16.5 Å². The number of aromatic nitrogens is 1. The highest BCUT2D eigenvalue weighted by Crippen LogP contribution is 2.32. The summed E-state index contributed by atoms with van der Waals surface area (Å²) in [5.74, 6) is -1.34. The number of hydrogen-bond acceptors (Lipinski definition) is 2. The second-order valence-electron chi connectivity index (χ2n) is 4.24. The van der Waals surface area contributed by atoms with Crippen LogP contribution in [0.1, 0.15) is 23.0 Å². The molecule has 1 amide bonds. The summed E-state index contributed by atoms with van der Waals surface area (Å²) in [7, 11) is 1.68. The van der Waals surface area contributed by atoms with Crippen molar-refractivity contribution in [1.29, 1.82) is 0 Å². The topological polar surface area (TPSA) is 71.3 Å². The fourth-order valence-electron chi connectivity index (χ4n) is 2.21. The summed E-state index contributed by atoms with van der Waals surface area (Å²) in [6, 6.07) is 5.58. The number of nitrogens with one attached hydrogen (secondary N) is 1. The van der Waals surface area contributed by atoms with Crippen molar-refractivity contribution in [2.75, 3.05) is 5.32 Å². The summed E-state index contributed by atoms with van der Waals surface area (Å²) < 4.78 is 1.58. The van der Waals surface area contributed by atoms with Crippen molar-refractivity contribution in [3.05, 3.63) is 29.5 Å². The van der Waals surface area contributed by atoms with Gasteiger partial charge in [0.25, 0.3) is 0 Å². The highest BCUT2D eigenvalue weighted by molar-refractivity contribution is 6.11. The molecule has 5 nitrogen and oxygen atoms in total.